The average molecular weight is 289 g/mol. The Morgan fingerprint density at radius 1 is 1.00 bits per heavy atom. The minimum absolute atomic E-state index is 0.202. The number of hydrogen-bond donors (Lipinski definition) is 0. The van der Waals surface area contributed by atoms with Gasteiger partial charge in [-0.15, -0.1) is 0 Å². The van der Waals surface area contributed by atoms with Crippen LogP contribution in [-0.2, 0) is 14.0 Å². The lowest BCUT2D eigenvalue weighted by molar-refractivity contribution is -0.152. The monoisotopic (exact) mass is 288 g/mol. The van der Waals surface area contributed by atoms with Gasteiger partial charge in [0.25, 0.3) is 0 Å². The maximum atomic E-state index is 11.8. The zero-order chi connectivity index (χ0) is 15.4. The van der Waals surface area contributed by atoms with E-state index in [-0.39, 0.29) is 5.97 Å². The normalized spacial score (nSPS) is 13.5. The molecule has 0 spiro atoms. The van der Waals surface area contributed by atoms with Crippen molar-refractivity contribution in [3.05, 3.63) is 0 Å². The third-order valence-corrected chi connectivity index (χ3v) is 10.2. The molecule has 0 N–H and O–H groups in total. The van der Waals surface area contributed by atoms with Gasteiger partial charge in [0.15, 0.2) is 8.32 Å². The second-order valence-corrected chi connectivity index (χ2v) is 12.4. The minimum Gasteiger partial charge on any atom is -0.469 e. The van der Waals surface area contributed by atoms with Crippen LogP contribution >= 0.6 is 0 Å². The number of ether oxygens (including phenoxy) is 1. The van der Waals surface area contributed by atoms with Gasteiger partial charge in [0.05, 0.1) is 12.5 Å². The van der Waals surface area contributed by atoms with Gasteiger partial charge in [-0.2, -0.15) is 0 Å². The summed E-state index contributed by atoms with van der Waals surface area (Å²) in [4.78, 5) is 11.8. The molecule has 0 aromatic carbocycles. The zero-order valence-electron chi connectivity index (χ0n) is 14.2. The molecule has 0 fully saturated rings. The number of carbonyl (C=O) groups is 1. The second kappa shape index (κ2) is 6.89. The molecule has 0 aromatic rings. The summed E-state index contributed by atoms with van der Waals surface area (Å²) in [6, 6.07) is 0. The lowest BCUT2D eigenvalue weighted by Gasteiger charge is -2.43. The van der Waals surface area contributed by atoms with E-state index in [4.69, 9.17) is 9.16 Å². The molecular formula is C15H32O3Si. The third-order valence-electron chi connectivity index (χ3n) is 4.13. The molecule has 0 atom stereocenters. The van der Waals surface area contributed by atoms with Crippen molar-refractivity contribution >= 4 is 14.3 Å². The molecule has 0 amide bonds. The molecule has 0 bridgehead atoms. The van der Waals surface area contributed by atoms with Crippen molar-refractivity contribution < 1.29 is 14.0 Å². The molecule has 0 saturated carbocycles. The third kappa shape index (κ3) is 4.05. The van der Waals surface area contributed by atoms with Gasteiger partial charge in [0.2, 0.25) is 0 Å². The maximum absolute atomic E-state index is 11.8. The molecule has 114 valence electrons. The molecule has 0 rings (SSSR count). The topological polar surface area (TPSA) is 35.5 Å². The first-order chi connectivity index (χ1) is 8.52. The highest BCUT2D eigenvalue weighted by atomic mass is 28.4. The van der Waals surface area contributed by atoms with Crippen LogP contribution in [0.5, 0.6) is 0 Å². The van der Waals surface area contributed by atoms with Crippen LogP contribution in [0.15, 0.2) is 0 Å². The Balaban J connectivity index is 5.11. The van der Waals surface area contributed by atoms with Crippen molar-refractivity contribution in [3.63, 3.8) is 0 Å². The molecule has 0 aromatic heterocycles. The van der Waals surface area contributed by atoms with Gasteiger partial charge in [0.1, 0.15) is 0 Å². The van der Waals surface area contributed by atoms with Crippen LogP contribution < -0.4 is 0 Å². The summed E-state index contributed by atoms with van der Waals surface area (Å²) < 4.78 is 11.3. The highest BCUT2D eigenvalue weighted by molar-refractivity contribution is 6.77. The summed E-state index contributed by atoms with van der Waals surface area (Å²) in [6.07, 6.45) is 0. The van der Waals surface area contributed by atoms with Gasteiger partial charge < -0.3 is 9.16 Å². The van der Waals surface area contributed by atoms with E-state index in [0.29, 0.717) is 23.2 Å². The lowest BCUT2D eigenvalue weighted by atomic mass is 9.95. The van der Waals surface area contributed by atoms with Crippen LogP contribution in [-0.4, -0.2) is 28.0 Å². The Bertz CT molecular complexity index is 274. The second-order valence-electron chi connectivity index (χ2n) is 6.98. The van der Waals surface area contributed by atoms with Crippen molar-refractivity contribution in [1.82, 2.24) is 0 Å². The van der Waals surface area contributed by atoms with E-state index in [0.717, 1.165) is 0 Å². The Kier molecular flexibility index (Phi) is 6.76. The van der Waals surface area contributed by atoms with Crippen molar-refractivity contribution in [2.75, 3.05) is 13.7 Å². The summed E-state index contributed by atoms with van der Waals surface area (Å²) in [5.41, 5.74) is 1.01. The fourth-order valence-corrected chi connectivity index (χ4v) is 8.75. The standard InChI is InChI=1S/C15H32O3Si/c1-11(2)19(12(3)4,13(5)6)18-10-15(7,8)14(16)17-9/h11-13H,10H2,1-9H3. The average Bonchev–Trinajstić information content (AvgIpc) is 2.26. The molecule has 0 unspecified atom stereocenters. The highest BCUT2D eigenvalue weighted by Gasteiger charge is 2.46. The van der Waals surface area contributed by atoms with E-state index in [1.54, 1.807) is 0 Å². The molecular weight excluding hydrogens is 256 g/mol. The van der Waals surface area contributed by atoms with Crippen molar-refractivity contribution in [2.24, 2.45) is 5.41 Å². The molecule has 0 aliphatic heterocycles. The van der Waals surface area contributed by atoms with E-state index in [1.807, 2.05) is 13.8 Å². The van der Waals surface area contributed by atoms with Crippen molar-refractivity contribution in [3.8, 4) is 0 Å². The molecule has 4 heteroatoms. The summed E-state index contributed by atoms with van der Waals surface area (Å²) >= 11 is 0. The first-order valence-electron chi connectivity index (χ1n) is 7.24. The fourth-order valence-electron chi connectivity index (χ4n) is 3.14. The number of esters is 1. The summed E-state index contributed by atoms with van der Waals surface area (Å²) in [7, 11) is -0.471. The number of hydrogen-bond acceptors (Lipinski definition) is 3. The van der Waals surface area contributed by atoms with E-state index in [2.05, 4.69) is 41.5 Å². The van der Waals surface area contributed by atoms with Gasteiger partial charge in [-0.3, -0.25) is 4.79 Å². The first kappa shape index (κ1) is 18.6. The van der Waals surface area contributed by atoms with E-state index >= 15 is 0 Å². The van der Waals surface area contributed by atoms with Crippen LogP contribution in [0.25, 0.3) is 0 Å². The molecule has 0 aliphatic carbocycles. The summed E-state index contributed by atoms with van der Waals surface area (Å²) in [5, 5.41) is 0. The Hall–Kier alpha value is -0.353. The zero-order valence-corrected chi connectivity index (χ0v) is 15.2. The van der Waals surface area contributed by atoms with Crippen LogP contribution in [0.4, 0.5) is 0 Å². The van der Waals surface area contributed by atoms with Gasteiger partial charge in [-0.25, -0.2) is 0 Å². The van der Waals surface area contributed by atoms with E-state index < -0.39 is 13.7 Å². The Labute approximate surface area is 120 Å². The van der Waals surface area contributed by atoms with Crippen LogP contribution in [0.1, 0.15) is 55.4 Å². The van der Waals surface area contributed by atoms with Crippen LogP contribution in [0, 0.1) is 5.41 Å². The Morgan fingerprint density at radius 2 is 1.37 bits per heavy atom. The van der Waals surface area contributed by atoms with Crippen LogP contribution in [0.3, 0.4) is 0 Å². The smallest absolute Gasteiger partial charge is 0.313 e. The van der Waals surface area contributed by atoms with Crippen molar-refractivity contribution in [2.45, 2.75) is 72.0 Å². The first-order valence-corrected chi connectivity index (χ1v) is 9.38. The molecule has 19 heavy (non-hydrogen) atoms. The van der Waals surface area contributed by atoms with Crippen LogP contribution in [0.2, 0.25) is 16.6 Å². The quantitative estimate of drug-likeness (QED) is 0.515. The summed E-state index contributed by atoms with van der Waals surface area (Å²) in [6.45, 7) is 17.7. The van der Waals surface area contributed by atoms with Gasteiger partial charge >= 0.3 is 5.97 Å². The molecule has 0 heterocycles. The van der Waals surface area contributed by atoms with E-state index in [9.17, 15) is 4.79 Å². The van der Waals surface area contributed by atoms with Gasteiger partial charge in [-0.1, -0.05) is 41.5 Å². The molecule has 0 radical (unpaired) electrons. The number of carbonyl (C=O) groups excluding carboxylic acids is 1. The number of methoxy groups -OCH3 is 1. The summed E-state index contributed by atoms with van der Waals surface area (Å²) in [5.74, 6) is -0.202. The minimum atomic E-state index is -1.90. The highest BCUT2D eigenvalue weighted by Crippen LogP contribution is 2.43. The predicted octanol–water partition coefficient (Wildman–Crippen LogP) is 4.38. The number of rotatable bonds is 7. The fraction of sp³-hybridized carbons (Fsp3) is 0.933. The SMILES string of the molecule is COC(=O)C(C)(C)CO[Si](C(C)C)(C(C)C)C(C)C. The molecule has 0 saturated heterocycles. The van der Waals surface area contributed by atoms with E-state index in [1.165, 1.54) is 7.11 Å². The predicted molar refractivity (Wildman–Crippen MR) is 82.8 cm³/mol. The van der Waals surface area contributed by atoms with Gasteiger partial charge in [0, 0.05) is 6.61 Å². The van der Waals surface area contributed by atoms with Crippen molar-refractivity contribution in [1.29, 1.82) is 0 Å². The maximum Gasteiger partial charge on any atom is 0.313 e. The largest absolute Gasteiger partial charge is 0.469 e. The Morgan fingerprint density at radius 3 is 1.63 bits per heavy atom. The lowest BCUT2D eigenvalue weighted by Crippen LogP contribution is -2.50. The molecule has 3 nitrogen and oxygen atoms in total. The van der Waals surface area contributed by atoms with Gasteiger partial charge in [-0.05, 0) is 30.5 Å². The molecule has 0 aliphatic rings.